The molecule has 0 fully saturated rings. The smallest absolute Gasteiger partial charge is 0.107 e. The molecule has 4 nitrogen and oxygen atoms in total. The van der Waals surface area contributed by atoms with Crippen molar-refractivity contribution in [2.24, 2.45) is 5.73 Å². The second kappa shape index (κ2) is 8.02. The molecule has 1 aromatic rings. The van der Waals surface area contributed by atoms with Gasteiger partial charge in [-0.1, -0.05) is 33.0 Å². The number of nitrogens with zero attached hydrogens (tertiary/aromatic N) is 2. The SMILES string of the molecule is COCCN(CCC(N)=S)Cc1nc(C(C)(C)C)cs1. The summed E-state index contributed by atoms with van der Waals surface area (Å²) in [5.41, 5.74) is 6.84. The van der Waals surface area contributed by atoms with E-state index in [2.05, 4.69) is 31.1 Å². The average molecular weight is 316 g/mol. The molecule has 0 spiro atoms. The predicted octanol–water partition coefficient (Wildman–Crippen LogP) is 2.57. The molecule has 0 saturated heterocycles. The zero-order valence-electron chi connectivity index (χ0n) is 12.8. The summed E-state index contributed by atoms with van der Waals surface area (Å²) in [6, 6.07) is 0. The maximum atomic E-state index is 5.58. The van der Waals surface area contributed by atoms with Crippen molar-refractivity contribution in [1.82, 2.24) is 9.88 Å². The lowest BCUT2D eigenvalue weighted by molar-refractivity contribution is 0.145. The Bertz CT molecular complexity index is 426. The van der Waals surface area contributed by atoms with Gasteiger partial charge < -0.3 is 10.5 Å². The summed E-state index contributed by atoms with van der Waals surface area (Å²) in [4.78, 5) is 7.57. The number of hydrogen-bond donors (Lipinski definition) is 1. The van der Waals surface area contributed by atoms with E-state index in [1.807, 2.05) is 0 Å². The molecular weight excluding hydrogens is 290 g/mol. The highest BCUT2D eigenvalue weighted by Crippen LogP contribution is 2.24. The van der Waals surface area contributed by atoms with Crippen LogP contribution in [0, 0.1) is 0 Å². The minimum atomic E-state index is 0.102. The summed E-state index contributed by atoms with van der Waals surface area (Å²) in [6.07, 6.45) is 0.733. The molecule has 1 rings (SSSR count). The number of thiocarbonyl (C=S) groups is 1. The molecule has 20 heavy (non-hydrogen) atoms. The Hall–Kier alpha value is -0.560. The molecule has 0 aliphatic rings. The molecule has 0 unspecified atom stereocenters. The van der Waals surface area contributed by atoms with Crippen molar-refractivity contribution < 1.29 is 4.74 Å². The van der Waals surface area contributed by atoms with Crippen molar-refractivity contribution >= 4 is 28.5 Å². The monoisotopic (exact) mass is 315 g/mol. The molecule has 1 aromatic heterocycles. The van der Waals surface area contributed by atoms with Crippen LogP contribution in [0.3, 0.4) is 0 Å². The number of nitrogens with two attached hydrogens (primary N) is 1. The van der Waals surface area contributed by atoms with Gasteiger partial charge >= 0.3 is 0 Å². The zero-order chi connectivity index (χ0) is 15.2. The van der Waals surface area contributed by atoms with Crippen molar-refractivity contribution in [3.05, 3.63) is 16.1 Å². The van der Waals surface area contributed by atoms with Gasteiger partial charge in [0.05, 0.1) is 23.8 Å². The van der Waals surface area contributed by atoms with Crippen molar-refractivity contribution in [2.75, 3.05) is 26.8 Å². The average Bonchev–Trinajstić information content (AvgIpc) is 2.80. The fourth-order valence-electron chi connectivity index (χ4n) is 1.68. The first-order valence-corrected chi connectivity index (χ1v) is 8.06. The van der Waals surface area contributed by atoms with E-state index in [0.717, 1.165) is 36.8 Å². The first-order chi connectivity index (χ1) is 9.32. The van der Waals surface area contributed by atoms with Crippen molar-refractivity contribution in [2.45, 2.75) is 39.2 Å². The molecule has 0 atom stereocenters. The maximum absolute atomic E-state index is 5.58. The standard InChI is InChI=1S/C14H25N3OS2/c1-14(2,3)11-10-20-13(16-11)9-17(7-8-18-4)6-5-12(15)19/h10H,5-9H2,1-4H3,(H2,15,19). The fraction of sp³-hybridized carbons (Fsp3) is 0.714. The summed E-state index contributed by atoms with van der Waals surface area (Å²) in [6.45, 7) is 9.79. The second-order valence-electron chi connectivity index (χ2n) is 5.86. The summed E-state index contributed by atoms with van der Waals surface area (Å²) in [7, 11) is 1.72. The first kappa shape index (κ1) is 17.5. The number of rotatable bonds is 8. The third-order valence-electron chi connectivity index (χ3n) is 2.97. The lowest BCUT2D eigenvalue weighted by atomic mass is 9.93. The van der Waals surface area contributed by atoms with Gasteiger partial charge in [-0.2, -0.15) is 0 Å². The van der Waals surface area contributed by atoms with Gasteiger partial charge in [0.1, 0.15) is 5.01 Å². The highest BCUT2D eigenvalue weighted by atomic mass is 32.1. The second-order valence-corrected chi connectivity index (χ2v) is 7.33. The lowest BCUT2D eigenvalue weighted by Gasteiger charge is -2.20. The molecule has 0 saturated carbocycles. The van der Waals surface area contributed by atoms with E-state index >= 15 is 0 Å². The Balaban J connectivity index is 2.63. The van der Waals surface area contributed by atoms with Crippen LogP contribution in [-0.4, -0.2) is 41.7 Å². The van der Waals surface area contributed by atoms with Crippen LogP contribution in [0.1, 0.15) is 37.9 Å². The van der Waals surface area contributed by atoms with E-state index in [4.69, 9.17) is 27.7 Å². The quantitative estimate of drug-likeness (QED) is 0.747. The van der Waals surface area contributed by atoms with Crippen LogP contribution >= 0.6 is 23.6 Å². The van der Waals surface area contributed by atoms with Gasteiger partial charge in [0.15, 0.2) is 0 Å². The summed E-state index contributed by atoms with van der Waals surface area (Å²) in [5, 5.41) is 3.28. The largest absolute Gasteiger partial charge is 0.393 e. The van der Waals surface area contributed by atoms with Crippen LogP contribution in [0.25, 0.3) is 0 Å². The van der Waals surface area contributed by atoms with E-state index in [1.54, 1.807) is 18.4 Å². The highest BCUT2D eigenvalue weighted by molar-refractivity contribution is 7.80. The van der Waals surface area contributed by atoms with E-state index < -0.39 is 0 Å². The molecule has 0 amide bonds. The molecule has 0 aliphatic heterocycles. The lowest BCUT2D eigenvalue weighted by Crippen LogP contribution is -2.30. The number of methoxy groups -OCH3 is 1. The Morgan fingerprint density at radius 3 is 2.65 bits per heavy atom. The number of ether oxygens (including phenoxy) is 1. The minimum Gasteiger partial charge on any atom is -0.393 e. The van der Waals surface area contributed by atoms with Crippen LogP contribution < -0.4 is 5.73 Å². The highest BCUT2D eigenvalue weighted by Gasteiger charge is 2.18. The van der Waals surface area contributed by atoms with Gasteiger partial charge in [-0.05, 0) is 0 Å². The Morgan fingerprint density at radius 2 is 2.15 bits per heavy atom. The van der Waals surface area contributed by atoms with Crippen LogP contribution in [0.5, 0.6) is 0 Å². The van der Waals surface area contributed by atoms with Gasteiger partial charge in [-0.25, -0.2) is 4.98 Å². The molecule has 0 aromatic carbocycles. The predicted molar refractivity (Wildman–Crippen MR) is 89.4 cm³/mol. The van der Waals surface area contributed by atoms with Gasteiger partial charge in [0, 0.05) is 37.4 Å². The molecule has 0 radical (unpaired) electrons. The van der Waals surface area contributed by atoms with E-state index in [-0.39, 0.29) is 5.41 Å². The molecule has 0 aliphatic carbocycles. The summed E-state index contributed by atoms with van der Waals surface area (Å²) in [5.74, 6) is 0. The fourth-order valence-corrected chi connectivity index (χ4v) is 2.83. The van der Waals surface area contributed by atoms with E-state index in [0.29, 0.717) is 11.6 Å². The van der Waals surface area contributed by atoms with Crippen LogP contribution in [0.2, 0.25) is 0 Å². The summed E-state index contributed by atoms with van der Waals surface area (Å²) < 4.78 is 5.15. The third kappa shape index (κ3) is 6.26. The van der Waals surface area contributed by atoms with Crippen molar-refractivity contribution in [3.8, 4) is 0 Å². The van der Waals surface area contributed by atoms with Gasteiger partial charge in [0.25, 0.3) is 0 Å². The van der Waals surface area contributed by atoms with E-state index in [1.165, 1.54) is 0 Å². The Kier molecular flexibility index (Phi) is 7.02. The van der Waals surface area contributed by atoms with Crippen molar-refractivity contribution in [1.29, 1.82) is 0 Å². The molecule has 6 heteroatoms. The third-order valence-corrected chi connectivity index (χ3v) is 4.00. The molecule has 114 valence electrons. The minimum absolute atomic E-state index is 0.102. The Labute approximate surface area is 131 Å². The van der Waals surface area contributed by atoms with Crippen molar-refractivity contribution in [3.63, 3.8) is 0 Å². The van der Waals surface area contributed by atoms with Gasteiger partial charge in [-0.15, -0.1) is 11.3 Å². The normalized spacial score (nSPS) is 12.1. The van der Waals surface area contributed by atoms with Crippen LogP contribution in [0.15, 0.2) is 5.38 Å². The molecule has 0 bridgehead atoms. The maximum Gasteiger partial charge on any atom is 0.107 e. The number of hydrogen-bond acceptors (Lipinski definition) is 5. The van der Waals surface area contributed by atoms with Gasteiger partial charge in [-0.3, -0.25) is 4.90 Å². The van der Waals surface area contributed by atoms with Gasteiger partial charge in [0.2, 0.25) is 0 Å². The first-order valence-electron chi connectivity index (χ1n) is 6.77. The molecule has 1 heterocycles. The van der Waals surface area contributed by atoms with Crippen LogP contribution in [-0.2, 0) is 16.7 Å². The molecular formula is C14H25N3OS2. The van der Waals surface area contributed by atoms with E-state index in [9.17, 15) is 0 Å². The number of thiazole rings is 1. The summed E-state index contributed by atoms with van der Waals surface area (Å²) >= 11 is 6.67. The Morgan fingerprint density at radius 1 is 1.45 bits per heavy atom. The zero-order valence-corrected chi connectivity index (χ0v) is 14.4. The number of aromatic nitrogens is 1. The van der Waals surface area contributed by atoms with Crippen LogP contribution in [0.4, 0.5) is 0 Å². The molecule has 2 N–H and O–H groups in total. The topological polar surface area (TPSA) is 51.4 Å².